The van der Waals surface area contributed by atoms with E-state index >= 15 is 0 Å². The minimum atomic E-state index is -0.533. The average molecular weight is 266 g/mol. The molecule has 0 fully saturated rings. The summed E-state index contributed by atoms with van der Waals surface area (Å²) in [4.78, 5) is 12.7. The molecule has 2 heterocycles. The lowest BCUT2D eigenvalue weighted by Gasteiger charge is -2.13. The fourth-order valence-electron chi connectivity index (χ4n) is 1.51. The monoisotopic (exact) mass is 265 g/mol. The zero-order valence-corrected chi connectivity index (χ0v) is 10.8. The molecular formula is C12H12ClN3O2. The van der Waals surface area contributed by atoms with Gasteiger partial charge in [-0.15, -0.1) is 0 Å². The van der Waals surface area contributed by atoms with E-state index in [-0.39, 0.29) is 0 Å². The molecule has 0 aliphatic heterocycles. The Morgan fingerprint density at radius 2 is 1.89 bits per heavy atom. The summed E-state index contributed by atoms with van der Waals surface area (Å²) in [5.41, 5.74) is 1.15. The largest absolute Gasteiger partial charge is 0.350 e. The fraction of sp³-hybridized carbons (Fsp3) is 0.250. The lowest BCUT2D eigenvalue weighted by atomic mass is 10.3. The van der Waals surface area contributed by atoms with Crippen LogP contribution in [-0.4, -0.2) is 29.2 Å². The van der Waals surface area contributed by atoms with Crippen LogP contribution >= 0.6 is 11.6 Å². The topological polar surface area (TPSA) is 57.1 Å². The van der Waals surface area contributed by atoms with E-state index in [1.807, 2.05) is 0 Å². The van der Waals surface area contributed by atoms with E-state index in [0.717, 1.165) is 0 Å². The number of aromatic nitrogens is 3. The predicted octanol–water partition coefficient (Wildman–Crippen LogP) is 2.48. The second-order valence-electron chi connectivity index (χ2n) is 3.44. The van der Waals surface area contributed by atoms with Crippen molar-refractivity contribution in [1.29, 1.82) is 0 Å². The summed E-state index contributed by atoms with van der Waals surface area (Å²) in [5, 5.41) is 0.501. The summed E-state index contributed by atoms with van der Waals surface area (Å²) in [6, 6.07) is 5.21. The molecule has 2 rings (SSSR count). The first-order valence-electron chi connectivity index (χ1n) is 5.25. The Morgan fingerprint density at radius 1 is 1.11 bits per heavy atom. The van der Waals surface area contributed by atoms with Gasteiger partial charge in [-0.1, -0.05) is 11.6 Å². The Balaban J connectivity index is 2.42. The third kappa shape index (κ3) is 2.64. The van der Waals surface area contributed by atoms with Gasteiger partial charge in [0.1, 0.15) is 11.4 Å². The van der Waals surface area contributed by atoms with Crippen LogP contribution in [0.1, 0.15) is 12.0 Å². The van der Waals surface area contributed by atoms with Crippen molar-refractivity contribution in [2.75, 3.05) is 14.2 Å². The normalized spacial score (nSPS) is 10.9. The second kappa shape index (κ2) is 5.86. The molecule has 5 nitrogen and oxygen atoms in total. The Bertz CT molecular complexity index is 532. The van der Waals surface area contributed by atoms with Crippen LogP contribution in [0, 0.1) is 0 Å². The van der Waals surface area contributed by atoms with Crippen LogP contribution in [0.15, 0.2) is 30.6 Å². The second-order valence-corrected chi connectivity index (χ2v) is 3.85. The van der Waals surface area contributed by atoms with Crippen molar-refractivity contribution < 1.29 is 9.47 Å². The molecule has 0 aliphatic carbocycles. The minimum Gasteiger partial charge on any atom is -0.350 e. The summed E-state index contributed by atoms with van der Waals surface area (Å²) in [6.45, 7) is 0. The Hall–Kier alpha value is -1.56. The first-order chi connectivity index (χ1) is 8.76. The third-order valence-corrected chi connectivity index (χ3v) is 2.62. The van der Waals surface area contributed by atoms with Crippen LogP contribution in [0.5, 0.6) is 0 Å². The number of pyridine rings is 1. The van der Waals surface area contributed by atoms with Crippen LogP contribution in [-0.2, 0) is 9.47 Å². The highest BCUT2D eigenvalue weighted by Gasteiger charge is 2.14. The molecule has 2 aromatic heterocycles. The quantitative estimate of drug-likeness (QED) is 0.795. The van der Waals surface area contributed by atoms with Gasteiger partial charge in [-0.05, 0) is 18.2 Å². The van der Waals surface area contributed by atoms with Gasteiger partial charge in [0, 0.05) is 26.6 Å². The number of hydrogen-bond donors (Lipinski definition) is 0. The number of nitrogens with zero attached hydrogens (tertiary/aromatic N) is 3. The van der Waals surface area contributed by atoms with E-state index in [0.29, 0.717) is 22.2 Å². The van der Waals surface area contributed by atoms with Crippen molar-refractivity contribution in [2.45, 2.75) is 6.29 Å². The molecule has 0 unspecified atom stereocenters. The van der Waals surface area contributed by atoms with E-state index in [2.05, 4.69) is 15.0 Å². The summed E-state index contributed by atoms with van der Waals surface area (Å²) >= 11 is 6.05. The highest BCUT2D eigenvalue weighted by atomic mass is 35.5. The zero-order valence-electron chi connectivity index (χ0n) is 10.0. The number of ether oxygens (including phenoxy) is 2. The van der Waals surface area contributed by atoms with Gasteiger partial charge in [0.25, 0.3) is 0 Å². The molecular weight excluding hydrogens is 254 g/mol. The van der Waals surface area contributed by atoms with Gasteiger partial charge in [0.05, 0.1) is 5.02 Å². The van der Waals surface area contributed by atoms with Gasteiger partial charge < -0.3 is 9.47 Å². The van der Waals surface area contributed by atoms with Crippen LogP contribution in [0.2, 0.25) is 5.02 Å². The first kappa shape index (κ1) is 12.9. The summed E-state index contributed by atoms with van der Waals surface area (Å²) in [5.74, 6) is 0.442. The molecule has 0 N–H and O–H groups in total. The van der Waals surface area contributed by atoms with Crippen molar-refractivity contribution in [2.24, 2.45) is 0 Å². The lowest BCUT2D eigenvalue weighted by Crippen LogP contribution is -2.07. The fourth-order valence-corrected chi connectivity index (χ4v) is 1.71. The van der Waals surface area contributed by atoms with Crippen molar-refractivity contribution in [1.82, 2.24) is 15.0 Å². The van der Waals surface area contributed by atoms with Gasteiger partial charge in [0.15, 0.2) is 5.82 Å². The van der Waals surface area contributed by atoms with Crippen LogP contribution in [0.3, 0.4) is 0 Å². The smallest absolute Gasteiger partial charge is 0.200 e. The zero-order chi connectivity index (χ0) is 13.0. The van der Waals surface area contributed by atoms with Crippen molar-refractivity contribution >= 4 is 11.6 Å². The highest BCUT2D eigenvalue weighted by Crippen LogP contribution is 2.23. The summed E-state index contributed by atoms with van der Waals surface area (Å²) in [6.07, 6.45) is 2.73. The maximum atomic E-state index is 6.05. The molecule has 0 spiro atoms. The number of halogens is 1. The molecule has 0 aromatic carbocycles. The maximum Gasteiger partial charge on any atom is 0.200 e. The maximum absolute atomic E-state index is 6.05. The van der Waals surface area contributed by atoms with Gasteiger partial charge in [-0.2, -0.15) is 0 Å². The summed E-state index contributed by atoms with van der Waals surface area (Å²) < 4.78 is 10.3. The van der Waals surface area contributed by atoms with Gasteiger partial charge in [-0.3, -0.25) is 4.98 Å². The first-order valence-corrected chi connectivity index (χ1v) is 5.63. The lowest BCUT2D eigenvalue weighted by molar-refractivity contribution is -0.108. The molecule has 0 saturated heterocycles. The highest BCUT2D eigenvalue weighted by molar-refractivity contribution is 6.32. The Kier molecular flexibility index (Phi) is 4.19. The summed E-state index contributed by atoms with van der Waals surface area (Å²) in [7, 11) is 3.09. The number of methoxy groups -OCH3 is 2. The molecule has 94 valence electrons. The molecule has 2 aromatic rings. The standard InChI is InChI=1S/C12H12ClN3O2/c1-17-12(18-2)9-5-7-15-11(16-9)10-8(13)4-3-6-14-10/h3-7,12H,1-2H3. The number of hydrogen-bond acceptors (Lipinski definition) is 5. The average Bonchev–Trinajstić information content (AvgIpc) is 2.41. The molecule has 0 bridgehead atoms. The van der Waals surface area contributed by atoms with E-state index < -0.39 is 6.29 Å². The van der Waals surface area contributed by atoms with Gasteiger partial charge in [0.2, 0.25) is 6.29 Å². The Labute approximate surface area is 110 Å². The SMILES string of the molecule is COC(OC)c1ccnc(-c2ncccc2Cl)n1. The van der Waals surface area contributed by atoms with E-state index in [1.165, 1.54) is 0 Å². The number of rotatable bonds is 4. The van der Waals surface area contributed by atoms with Crippen LogP contribution < -0.4 is 0 Å². The van der Waals surface area contributed by atoms with E-state index in [4.69, 9.17) is 21.1 Å². The van der Waals surface area contributed by atoms with Crippen molar-refractivity contribution in [3.8, 4) is 11.5 Å². The molecule has 18 heavy (non-hydrogen) atoms. The van der Waals surface area contributed by atoms with Crippen LogP contribution in [0.25, 0.3) is 11.5 Å². The third-order valence-electron chi connectivity index (χ3n) is 2.32. The Morgan fingerprint density at radius 3 is 2.56 bits per heavy atom. The van der Waals surface area contributed by atoms with E-state index in [9.17, 15) is 0 Å². The van der Waals surface area contributed by atoms with Crippen LogP contribution in [0.4, 0.5) is 0 Å². The molecule has 0 amide bonds. The van der Waals surface area contributed by atoms with Crippen molar-refractivity contribution in [3.63, 3.8) is 0 Å². The minimum absolute atomic E-state index is 0.442. The molecule has 0 aliphatic rings. The van der Waals surface area contributed by atoms with E-state index in [1.54, 1.807) is 44.8 Å². The molecule has 6 heteroatoms. The van der Waals surface area contributed by atoms with Gasteiger partial charge in [-0.25, -0.2) is 9.97 Å². The van der Waals surface area contributed by atoms with Crippen molar-refractivity contribution in [3.05, 3.63) is 41.3 Å². The van der Waals surface area contributed by atoms with Gasteiger partial charge >= 0.3 is 0 Å². The predicted molar refractivity (Wildman–Crippen MR) is 67.0 cm³/mol. The molecule has 0 atom stereocenters. The molecule has 0 radical (unpaired) electrons. The molecule has 0 saturated carbocycles.